The Labute approximate surface area is 107 Å². The van der Waals surface area contributed by atoms with Gasteiger partial charge in [-0.05, 0) is 27.3 Å². The Balaban J connectivity index is 2.55. The first-order valence-corrected chi connectivity index (χ1v) is 6.19. The summed E-state index contributed by atoms with van der Waals surface area (Å²) in [6.45, 7) is 8.96. The van der Waals surface area contributed by atoms with Crippen LogP contribution in [-0.4, -0.2) is 35.2 Å². The highest BCUT2D eigenvalue weighted by molar-refractivity contribution is 5.83. The highest BCUT2D eigenvalue weighted by Gasteiger charge is 2.17. The number of carbonyl (C=O) groups is 1. The summed E-state index contributed by atoms with van der Waals surface area (Å²) in [5.41, 5.74) is 0. The van der Waals surface area contributed by atoms with E-state index < -0.39 is 6.04 Å². The molecule has 1 heterocycles. The molecule has 0 aromatic carbocycles. The summed E-state index contributed by atoms with van der Waals surface area (Å²) in [5.74, 6) is 0.402. The Kier molecular flexibility index (Phi) is 5.57. The van der Waals surface area contributed by atoms with Gasteiger partial charge in [0, 0.05) is 6.54 Å². The number of aromatic nitrogens is 2. The van der Waals surface area contributed by atoms with E-state index in [2.05, 4.69) is 26.1 Å². The molecular weight excluding hydrogens is 234 g/mol. The Morgan fingerprint density at radius 1 is 1.28 bits per heavy atom. The summed E-state index contributed by atoms with van der Waals surface area (Å²) in [4.78, 5) is 11.5. The van der Waals surface area contributed by atoms with E-state index >= 15 is 0 Å². The Morgan fingerprint density at radius 3 is 2.61 bits per heavy atom. The molecule has 0 saturated heterocycles. The van der Waals surface area contributed by atoms with Gasteiger partial charge in [0.25, 0.3) is 0 Å². The Morgan fingerprint density at radius 2 is 2.00 bits per heavy atom. The number of likely N-dealkylation sites (N-methyl/N-ethyl adjacent to an activating group) is 1. The van der Waals surface area contributed by atoms with Crippen LogP contribution < -0.4 is 16.0 Å². The van der Waals surface area contributed by atoms with Crippen LogP contribution in [0.25, 0.3) is 0 Å². The molecule has 2 atom stereocenters. The SMILES string of the molecule is CCNC(=O)C(C)Nc1nnc(C(C)NCC)o1. The van der Waals surface area contributed by atoms with Crippen molar-refractivity contribution in [3.63, 3.8) is 0 Å². The van der Waals surface area contributed by atoms with Gasteiger partial charge in [0.05, 0.1) is 6.04 Å². The van der Waals surface area contributed by atoms with Crippen LogP contribution in [0.5, 0.6) is 0 Å². The van der Waals surface area contributed by atoms with Crippen molar-refractivity contribution in [2.45, 2.75) is 39.8 Å². The number of nitrogens with zero attached hydrogens (tertiary/aromatic N) is 2. The van der Waals surface area contributed by atoms with Gasteiger partial charge in [-0.1, -0.05) is 12.0 Å². The van der Waals surface area contributed by atoms with Crippen molar-refractivity contribution in [2.24, 2.45) is 0 Å². The van der Waals surface area contributed by atoms with Crippen LogP contribution in [-0.2, 0) is 4.79 Å². The first-order valence-electron chi connectivity index (χ1n) is 6.19. The average molecular weight is 255 g/mol. The van der Waals surface area contributed by atoms with Gasteiger partial charge in [0.2, 0.25) is 11.8 Å². The van der Waals surface area contributed by atoms with Crippen molar-refractivity contribution in [3.8, 4) is 0 Å². The van der Waals surface area contributed by atoms with Gasteiger partial charge in [0.15, 0.2) is 0 Å². The van der Waals surface area contributed by atoms with E-state index in [1.165, 1.54) is 0 Å². The van der Waals surface area contributed by atoms with Gasteiger partial charge >= 0.3 is 6.01 Å². The van der Waals surface area contributed by atoms with Crippen LogP contribution in [0.2, 0.25) is 0 Å². The van der Waals surface area contributed by atoms with Crippen LogP contribution >= 0.6 is 0 Å². The average Bonchev–Trinajstić information content (AvgIpc) is 2.78. The molecule has 0 radical (unpaired) electrons. The van der Waals surface area contributed by atoms with Crippen LogP contribution in [0, 0.1) is 0 Å². The Bertz CT molecular complexity index is 379. The maximum atomic E-state index is 11.5. The van der Waals surface area contributed by atoms with E-state index in [0.29, 0.717) is 12.4 Å². The molecule has 0 fully saturated rings. The second-order valence-corrected chi connectivity index (χ2v) is 3.99. The second kappa shape index (κ2) is 6.95. The molecule has 0 saturated carbocycles. The van der Waals surface area contributed by atoms with E-state index in [-0.39, 0.29) is 18.0 Å². The summed E-state index contributed by atoms with van der Waals surface area (Å²) < 4.78 is 5.42. The molecular formula is C11H21N5O2. The zero-order valence-corrected chi connectivity index (χ0v) is 11.3. The fourth-order valence-electron chi connectivity index (χ4n) is 1.44. The molecule has 0 aliphatic heterocycles. The highest BCUT2D eigenvalue weighted by atomic mass is 16.4. The fraction of sp³-hybridized carbons (Fsp3) is 0.727. The lowest BCUT2D eigenvalue weighted by molar-refractivity contribution is -0.121. The van der Waals surface area contributed by atoms with Gasteiger partial charge in [-0.2, -0.15) is 0 Å². The minimum Gasteiger partial charge on any atom is -0.406 e. The van der Waals surface area contributed by atoms with Gasteiger partial charge in [-0.15, -0.1) is 5.10 Å². The largest absolute Gasteiger partial charge is 0.406 e. The van der Waals surface area contributed by atoms with E-state index in [1.54, 1.807) is 6.92 Å². The second-order valence-electron chi connectivity index (χ2n) is 3.99. The van der Waals surface area contributed by atoms with Crippen molar-refractivity contribution in [1.82, 2.24) is 20.8 Å². The quantitative estimate of drug-likeness (QED) is 0.663. The van der Waals surface area contributed by atoms with Crippen LogP contribution in [0.4, 0.5) is 6.01 Å². The predicted molar refractivity (Wildman–Crippen MR) is 68.2 cm³/mol. The summed E-state index contributed by atoms with van der Waals surface area (Å²) in [6, 6.07) is -0.154. The fourth-order valence-corrected chi connectivity index (χ4v) is 1.44. The smallest absolute Gasteiger partial charge is 0.316 e. The van der Waals surface area contributed by atoms with Crippen LogP contribution in [0.1, 0.15) is 39.6 Å². The molecule has 3 N–H and O–H groups in total. The van der Waals surface area contributed by atoms with Crippen LogP contribution in [0.3, 0.4) is 0 Å². The first kappa shape index (κ1) is 14.4. The first-order chi connectivity index (χ1) is 8.58. The number of hydrogen-bond acceptors (Lipinski definition) is 6. The maximum Gasteiger partial charge on any atom is 0.316 e. The van der Waals surface area contributed by atoms with Crippen molar-refractivity contribution in [1.29, 1.82) is 0 Å². The van der Waals surface area contributed by atoms with Gasteiger partial charge < -0.3 is 20.4 Å². The minimum atomic E-state index is -0.410. The van der Waals surface area contributed by atoms with Crippen LogP contribution in [0.15, 0.2) is 4.42 Å². The van der Waals surface area contributed by atoms with Gasteiger partial charge in [0.1, 0.15) is 6.04 Å². The minimum absolute atomic E-state index is 0.00201. The maximum absolute atomic E-state index is 11.5. The molecule has 18 heavy (non-hydrogen) atoms. The van der Waals surface area contributed by atoms with E-state index in [1.807, 2.05) is 20.8 Å². The number of nitrogens with one attached hydrogen (secondary N) is 3. The number of carbonyl (C=O) groups excluding carboxylic acids is 1. The molecule has 1 amide bonds. The lowest BCUT2D eigenvalue weighted by Crippen LogP contribution is -2.37. The molecule has 0 bridgehead atoms. The Hall–Kier alpha value is -1.63. The number of hydrogen-bond donors (Lipinski definition) is 3. The molecule has 2 unspecified atom stereocenters. The molecule has 0 aliphatic rings. The van der Waals surface area contributed by atoms with Crippen molar-refractivity contribution in [3.05, 3.63) is 5.89 Å². The number of amides is 1. The normalized spacial score (nSPS) is 14.0. The van der Waals surface area contributed by atoms with Crippen molar-refractivity contribution < 1.29 is 9.21 Å². The lowest BCUT2D eigenvalue weighted by atomic mass is 10.3. The topological polar surface area (TPSA) is 92.1 Å². The van der Waals surface area contributed by atoms with E-state index in [9.17, 15) is 4.79 Å². The van der Waals surface area contributed by atoms with Crippen molar-refractivity contribution in [2.75, 3.05) is 18.4 Å². The summed E-state index contributed by atoms with van der Waals surface area (Å²) in [7, 11) is 0. The molecule has 102 valence electrons. The summed E-state index contributed by atoms with van der Waals surface area (Å²) >= 11 is 0. The molecule has 7 heteroatoms. The standard InChI is InChI=1S/C11H21N5O2/c1-5-12-8(4)10-15-16-11(18-10)14-7(3)9(17)13-6-2/h7-8,12H,5-6H2,1-4H3,(H,13,17)(H,14,16). The zero-order valence-electron chi connectivity index (χ0n) is 11.3. The third kappa shape index (κ3) is 3.99. The van der Waals surface area contributed by atoms with Crippen molar-refractivity contribution >= 4 is 11.9 Å². The van der Waals surface area contributed by atoms with E-state index in [4.69, 9.17) is 4.42 Å². The molecule has 1 aromatic heterocycles. The number of rotatable bonds is 7. The van der Waals surface area contributed by atoms with Gasteiger partial charge in [-0.25, -0.2) is 0 Å². The number of anilines is 1. The molecule has 1 aromatic rings. The van der Waals surface area contributed by atoms with Gasteiger partial charge in [-0.3, -0.25) is 4.79 Å². The summed E-state index contributed by atoms with van der Waals surface area (Å²) in [5, 5.41) is 16.5. The molecule has 0 aliphatic carbocycles. The third-order valence-electron chi connectivity index (χ3n) is 2.41. The highest BCUT2D eigenvalue weighted by Crippen LogP contribution is 2.13. The molecule has 7 nitrogen and oxygen atoms in total. The lowest BCUT2D eigenvalue weighted by Gasteiger charge is -2.11. The third-order valence-corrected chi connectivity index (χ3v) is 2.41. The van der Waals surface area contributed by atoms with E-state index in [0.717, 1.165) is 6.54 Å². The monoisotopic (exact) mass is 255 g/mol. The molecule has 1 rings (SSSR count). The molecule has 0 spiro atoms. The predicted octanol–water partition coefficient (Wildman–Crippen LogP) is 0.677. The summed E-state index contributed by atoms with van der Waals surface area (Å²) in [6.07, 6.45) is 0. The zero-order chi connectivity index (χ0) is 13.5.